The number of carbonyl (C=O) groups is 2. The predicted octanol–water partition coefficient (Wildman–Crippen LogP) is 1.45. The van der Waals surface area contributed by atoms with Crippen LogP contribution in [0.1, 0.15) is 31.2 Å². The Morgan fingerprint density at radius 2 is 2.17 bits per heavy atom. The summed E-state index contributed by atoms with van der Waals surface area (Å²) in [4.78, 5) is 27.3. The summed E-state index contributed by atoms with van der Waals surface area (Å²) >= 11 is 0. The summed E-state index contributed by atoms with van der Waals surface area (Å²) in [6.45, 7) is 1.90. The Bertz CT molecular complexity index is 1040. The van der Waals surface area contributed by atoms with Gasteiger partial charge in [-0.1, -0.05) is 18.2 Å². The lowest BCUT2D eigenvalue weighted by Gasteiger charge is -2.38. The van der Waals surface area contributed by atoms with Gasteiger partial charge in [0.15, 0.2) is 0 Å². The molecule has 1 spiro atoms. The molecule has 2 fully saturated rings. The van der Waals surface area contributed by atoms with Crippen molar-refractivity contribution in [2.75, 3.05) is 19.6 Å². The van der Waals surface area contributed by atoms with Crippen LogP contribution in [0.25, 0.3) is 16.5 Å². The van der Waals surface area contributed by atoms with Crippen molar-refractivity contribution in [3.05, 3.63) is 36.0 Å². The molecule has 1 aliphatic carbocycles. The average molecular weight is 409 g/mol. The van der Waals surface area contributed by atoms with Gasteiger partial charge in [-0.3, -0.25) is 19.5 Å². The van der Waals surface area contributed by atoms with E-state index in [0.717, 1.165) is 42.3 Å². The number of nitrogens with one attached hydrogen (secondary N) is 2. The van der Waals surface area contributed by atoms with Crippen LogP contribution >= 0.6 is 0 Å². The lowest BCUT2D eigenvalue weighted by Crippen LogP contribution is -2.59. The quantitative estimate of drug-likeness (QED) is 0.526. The molecule has 158 valence electrons. The van der Waals surface area contributed by atoms with Crippen molar-refractivity contribution in [3.63, 3.8) is 0 Å². The molecule has 1 aromatic carbocycles. The van der Waals surface area contributed by atoms with Crippen LogP contribution in [0.3, 0.4) is 0 Å². The zero-order valence-corrected chi connectivity index (χ0v) is 17.1. The van der Waals surface area contributed by atoms with E-state index in [4.69, 9.17) is 5.21 Å². The lowest BCUT2D eigenvalue weighted by molar-refractivity contribution is -0.144. The van der Waals surface area contributed by atoms with E-state index in [9.17, 15) is 9.59 Å². The molecule has 8 nitrogen and oxygen atoms in total. The van der Waals surface area contributed by atoms with Crippen LogP contribution in [-0.4, -0.2) is 57.4 Å². The Morgan fingerprint density at radius 1 is 1.33 bits per heavy atom. The number of fused-ring (bicyclic) bond motifs is 1. The van der Waals surface area contributed by atoms with Crippen LogP contribution < -0.4 is 10.8 Å². The molecule has 1 saturated carbocycles. The number of hydroxylamine groups is 1. The van der Waals surface area contributed by atoms with E-state index < -0.39 is 17.9 Å². The standard InChI is InChI=1S/C22H27N5O3/c1-26-18-10-15(2-3-16(18)12-24-26)14-4-8-27(9-5-14)21(29)19-17(20(28)25-30)11-22(6-7-22)13-23-19/h2-4,10,12,17,19,23,30H,5-9,11,13H2,1H3,(H,25,28). The number of amides is 2. The first-order chi connectivity index (χ1) is 14.5. The minimum Gasteiger partial charge on any atom is -0.337 e. The third-order valence-electron chi connectivity index (χ3n) is 7.06. The molecule has 3 N–H and O–H groups in total. The van der Waals surface area contributed by atoms with E-state index in [-0.39, 0.29) is 11.3 Å². The van der Waals surface area contributed by atoms with Gasteiger partial charge in [0.05, 0.1) is 23.7 Å². The average Bonchev–Trinajstić information content (AvgIpc) is 3.44. The van der Waals surface area contributed by atoms with Gasteiger partial charge in [-0.05, 0) is 48.3 Å². The van der Waals surface area contributed by atoms with E-state index in [2.05, 4.69) is 34.7 Å². The molecule has 2 aromatic rings. The number of carbonyl (C=O) groups excluding carboxylic acids is 2. The molecule has 3 aliphatic rings. The van der Waals surface area contributed by atoms with Crippen LogP contribution in [0.2, 0.25) is 0 Å². The van der Waals surface area contributed by atoms with Crippen molar-refractivity contribution in [1.29, 1.82) is 0 Å². The summed E-state index contributed by atoms with van der Waals surface area (Å²) in [5.74, 6) is -1.06. The van der Waals surface area contributed by atoms with Gasteiger partial charge in [-0.2, -0.15) is 5.10 Å². The number of aryl methyl sites for hydroxylation is 1. The van der Waals surface area contributed by atoms with Gasteiger partial charge >= 0.3 is 0 Å². The Hall–Kier alpha value is -2.71. The second-order valence-corrected chi connectivity index (χ2v) is 8.95. The first kappa shape index (κ1) is 19.3. The van der Waals surface area contributed by atoms with E-state index in [0.29, 0.717) is 19.5 Å². The van der Waals surface area contributed by atoms with E-state index in [1.807, 2.05) is 22.8 Å². The van der Waals surface area contributed by atoms with Crippen molar-refractivity contribution in [3.8, 4) is 0 Å². The molecule has 1 saturated heterocycles. The first-order valence-corrected chi connectivity index (χ1v) is 10.6. The van der Waals surface area contributed by atoms with Gasteiger partial charge in [-0.15, -0.1) is 0 Å². The zero-order valence-electron chi connectivity index (χ0n) is 17.1. The van der Waals surface area contributed by atoms with Crippen molar-refractivity contribution < 1.29 is 14.8 Å². The van der Waals surface area contributed by atoms with E-state index in [1.165, 1.54) is 5.57 Å². The highest BCUT2D eigenvalue weighted by Crippen LogP contribution is 2.52. The van der Waals surface area contributed by atoms with E-state index in [1.54, 1.807) is 5.48 Å². The Kier molecular flexibility index (Phi) is 4.63. The summed E-state index contributed by atoms with van der Waals surface area (Å²) in [5.41, 5.74) is 5.36. The molecule has 30 heavy (non-hydrogen) atoms. The SMILES string of the molecule is Cn1ncc2ccc(C3=CCN(C(=O)C4NCC5(CC5)CC4C(=O)NO)CC3)cc21. The number of aromatic nitrogens is 2. The van der Waals surface area contributed by atoms with Gasteiger partial charge < -0.3 is 10.2 Å². The van der Waals surface area contributed by atoms with Crippen molar-refractivity contribution in [1.82, 2.24) is 25.5 Å². The lowest BCUT2D eigenvalue weighted by atomic mass is 9.81. The summed E-state index contributed by atoms with van der Waals surface area (Å²) in [6, 6.07) is 5.75. The molecule has 2 atom stereocenters. The summed E-state index contributed by atoms with van der Waals surface area (Å²) in [6.07, 6.45) is 7.53. The Balaban J connectivity index is 1.31. The van der Waals surface area contributed by atoms with Crippen LogP contribution in [0.5, 0.6) is 0 Å². The highest BCUT2D eigenvalue weighted by molar-refractivity contribution is 5.91. The van der Waals surface area contributed by atoms with Crippen LogP contribution in [0.4, 0.5) is 0 Å². The monoisotopic (exact) mass is 409 g/mol. The van der Waals surface area contributed by atoms with Crippen LogP contribution in [0.15, 0.2) is 30.5 Å². The molecule has 2 unspecified atom stereocenters. The van der Waals surface area contributed by atoms with Gasteiger partial charge in [0, 0.05) is 32.1 Å². The van der Waals surface area contributed by atoms with Gasteiger partial charge in [-0.25, -0.2) is 5.48 Å². The fraction of sp³-hybridized carbons (Fsp3) is 0.500. The molecular weight excluding hydrogens is 382 g/mol. The Morgan fingerprint density at radius 3 is 2.87 bits per heavy atom. The summed E-state index contributed by atoms with van der Waals surface area (Å²) in [7, 11) is 1.93. The van der Waals surface area contributed by atoms with Crippen molar-refractivity contribution >= 4 is 28.3 Å². The minimum atomic E-state index is -0.580. The molecule has 1 aromatic heterocycles. The third-order valence-corrected chi connectivity index (χ3v) is 7.06. The number of piperidine rings is 1. The molecule has 5 rings (SSSR count). The Labute approximate surface area is 174 Å². The van der Waals surface area contributed by atoms with Gasteiger partial charge in [0.1, 0.15) is 0 Å². The van der Waals surface area contributed by atoms with Crippen molar-refractivity contribution in [2.45, 2.75) is 31.7 Å². The fourth-order valence-electron chi connectivity index (χ4n) is 4.94. The second-order valence-electron chi connectivity index (χ2n) is 8.95. The fourth-order valence-corrected chi connectivity index (χ4v) is 4.94. The van der Waals surface area contributed by atoms with Crippen molar-refractivity contribution in [2.24, 2.45) is 18.4 Å². The zero-order chi connectivity index (χ0) is 20.9. The number of benzene rings is 1. The minimum absolute atomic E-state index is 0.0588. The molecule has 8 heteroatoms. The number of hydrogen-bond acceptors (Lipinski definition) is 5. The topological polar surface area (TPSA) is 99.5 Å². The molecule has 2 aliphatic heterocycles. The molecule has 0 radical (unpaired) electrons. The normalized spacial score (nSPS) is 25.3. The maximum atomic E-state index is 13.2. The maximum absolute atomic E-state index is 13.2. The number of nitrogens with zero attached hydrogens (tertiary/aromatic N) is 3. The smallest absolute Gasteiger partial charge is 0.248 e. The van der Waals surface area contributed by atoms with Gasteiger partial charge in [0.25, 0.3) is 0 Å². The largest absolute Gasteiger partial charge is 0.337 e. The maximum Gasteiger partial charge on any atom is 0.248 e. The molecular formula is C22H27N5O3. The van der Waals surface area contributed by atoms with E-state index >= 15 is 0 Å². The number of hydrogen-bond donors (Lipinski definition) is 3. The highest BCUT2D eigenvalue weighted by atomic mass is 16.5. The summed E-state index contributed by atoms with van der Waals surface area (Å²) < 4.78 is 1.87. The van der Waals surface area contributed by atoms with Crippen LogP contribution in [-0.2, 0) is 16.6 Å². The molecule has 2 amide bonds. The number of rotatable bonds is 3. The van der Waals surface area contributed by atoms with Gasteiger partial charge in [0.2, 0.25) is 11.8 Å². The molecule has 3 heterocycles. The van der Waals surface area contributed by atoms with Crippen LogP contribution in [0, 0.1) is 11.3 Å². The second kappa shape index (κ2) is 7.21. The third kappa shape index (κ3) is 3.30. The predicted molar refractivity (Wildman–Crippen MR) is 111 cm³/mol. The first-order valence-electron chi connectivity index (χ1n) is 10.6. The summed E-state index contributed by atoms with van der Waals surface area (Å²) in [5, 5.41) is 17.9. The molecule has 0 bridgehead atoms. The highest BCUT2D eigenvalue weighted by Gasteiger charge is 2.52.